The van der Waals surface area contributed by atoms with Crippen molar-refractivity contribution >= 4 is 77.3 Å². The highest BCUT2D eigenvalue weighted by Gasteiger charge is 2.54. The zero-order chi connectivity index (χ0) is 27.6. The molecule has 2 atom stereocenters. The van der Waals surface area contributed by atoms with Crippen LogP contribution in [0.2, 0.25) is 0 Å². The summed E-state index contributed by atoms with van der Waals surface area (Å²) < 4.78 is 10.6. The van der Waals surface area contributed by atoms with Gasteiger partial charge in [0.1, 0.15) is 23.6 Å². The van der Waals surface area contributed by atoms with Crippen LogP contribution in [0, 0.1) is 0 Å². The van der Waals surface area contributed by atoms with Crippen molar-refractivity contribution in [2.24, 2.45) is 5.16 Å². The van der Waals surface area contributed by atoms with E-state index in [1.165, 1.54) is 21.4 Å². The third-order valence-electron chi connectivity index (χ3n) is 4.96. The van der Waals surface area contributed by atoms with Gasteiger partial charge in [-0.2, -0.15) is 9.36 Å². The summed E-state index contributed by atoms with van der Waals surface area (Å²) in [5, 5.41) is 20.8. The van der Waals surface area contributed by atoms with E-state index in [-0.39, 0.29) is 40.9 Å². The number of tetrazole rings is 1. The van der Waals surface area contributed by atoms with Gasteiger partial charge < -0.3 is 14.9 Å². The molecule has 0 bridgehead atoms. The second kappa shape index (κ2) is 11.2. The first-order valence-corrected chi connectivity index (χ1v) is 13.7. The number of aromatic nitrogens is 6. The van der Waals surface area contributed by atoms with Crippen molar-refractivity contribution in [1.29, 1.82) is 0 Å². The molecule has 4 heterocycles. The Morgan fingerprint density at radius 3 is 2.74 bits per heavy atom. The molecule has 1 saturated heterocycles. The summed E-state index contributed by atoms with van der Waals surface area (Å²) in [5.74, 6) is -0.179. The average Bonchev–Trinajstić information content (AvgIpc) is 3.49. The van der Waals surface area contributed by atoms with E-state index in [2.05, 4.69) is 40.6 Å². The minimum absolute atomic E-state index is 0.0827. The van der Waals surface area contributed by atoms with E-state index in [4.69, 9.17) is 21.2 Å². The normalized spacial score (nSPS) is 19.6. The number of carbonyl (C=O) groups is 3. The summed E-state index contributed by atoms with van der Waals surface area (Å²) in [6.07, 6.45) is -0.722. The number of fused-ring (bicyclic) bond motifs is 1. The van der Waals surface area contributed by atoms with E-state index in [1.54, 1.807) is 35.7 Å². The second-order valence-corrected chi connectivity index (χ2v) is 11.1. The van der Waals surface area contributed by atoms with Gasteiger partial charge in [0.2, 0.25) is 22.5 Å². The quantitative estimate of drug-likeness (QED) is 0.141. The van der Waals surface area contributed by atoms with Crippen molar-refractivity contribution in [1.82, 2.24) is 39.7 Å². The van der Waals surface area contributed by atoms with E-state index < -0.39 is 29.0 Å². The number of amides is 3. The molecule has 38 heavy (non-hydrogen) atoms. The van der Waals surface area contributed by atoms with Gasteiger partial charge in [-0.25, -0.2) is 9.50 Å². The highest BCUT2D eigenvalue weighted by atomic mass is 35.5. The number of nitrogens with one attached hydrogen (secondary N) is 2. The maximum Gasteiger partial charge on any atom is 0.414 e. The van der Waals surface area contributed by atoms with Gasteiger partial charge in [0.05, 0.1) is 5.70 Å². The van der Waals surface area contributed by atoms with E-state index in [9.17, 15) is 14.4 Å². The number of nitrogens with zero attached hydrogens (tertiary/aromatic N) is 8. The van der Waals surface area contributed by atoms with Crippen molar-refractivity contribution in [3.05, 3.63) is 17.2 Å². The van der Waals surface area contributed by atoms with Crippen LogP contribution in [0.3, 0.4) is 0 Å². The fraction of sp³-hybridized carbons (Fsp3) is 0.526. The first-order valence-electron chi connectivity index (χ1n) is 11.3. The van der Waals surface area contributed by atoms with E-state index in [0.717, 1.165) is 17.1 Å². The maximum atomic E-state index is 13.2. The number of rotatable bonds is 8. The van der Waals surface area contributed by atoms with Gasteiger partial charge >= 0.3 is 6.09 Å². The van der Waals surface area contributed by atoms with Crippen LogP contribution in [-0.2, 0) is 19.2 Å². The predicted molar refractivity (Wildman–Crippen MR) is 142 cm³/mol. The smallest absolute Gasteiger partial charge is 0.414 e. The average molecular weight is 583 g/mol. The van der Waals surface area contributed by atoms with Crippen LogP contribution < -0.4 is 10.6 Å². The molecule has 2 N–H and O–H groups in total. The first-order chi connectivity index (χ1) is 18.0. The van der Waals surface area contributed by atoms with Crippen LogP contribution in [0.5, 0.6) is 0 Å². The number of anilines is 1. The number of carbonyl (C=O) groups excluding carboxylic acids is 3. The summed E-state index contributed by atoms with van der Waals surface area (Å²) in [7, 11) is 1.62. The zero-order valence-corrected chi connectivity index (χ0v) is 23.5. The number of alkyl halides is 1. The van der Waals surface area contributed by atoms with Crippen molar-refractivity contribution in [3.8, 4) is 0 Å². The van der Waals surface area contributed by atoms with Crippen LogP contribution in [0.15, 0.2) is 10.7 Å². The Morgan fingerprint density at radius 1 is 1.34 bits per heavy atom. The molecule has 15 nitrogen and oxygen atoms in total. The molecule has 4 rings (SSSR count). The third-order valence-corrected chi connectivity index (χ3v) is 7.25. The van der Waals surface area contributed by atoms with E-state index >= 15 is 0 Å². The lowest BCUT2D eigenvalue weighted by Crippen LogP contribution is -2.70. The molecule has 0 aromatic carbocycles. The molecule has 2 aromatic rings. The van der Waals surface area contributed by atoms with Crippen molar-refractivity contribution in [3.63, 3.8) is 0 Å². The van der Waals surface area contributed by atoms with Gasteiger partial charge in [0.25, 0.3) is 19.8 Å². The van der Waals surface area contributed by atoms with Crippen molar-refractivity contribution in [2.75, 3.05) is 23.6 Å². The van der Waals surface area contributed by atoms with Crippen LogP contribution in [0.1, 0.15) is 39.3 Å². The van der Waals surface area contributed by atoms with Crippen molar-refractivity contribution < 1.29 is 24.0 Å². The molecule has 0 saturated carbocycles. The van der Waals surface area contributed by atoms with Gasteiger partial charge in [0, 0.05) is 23.2 Å². The fourth-order valence-electron chi connectivity index (χ4n) is 3.46. The molecule has 0 spiro atoms. The molecule has 19 heteroatoms. The number of hydrogen-bond donors (Lipinski definition) is 2. The Hall–Kier alpha value is -3.25. The Bertz CT molecular complexity index is 1310. The summed E-state index contributed by atoms with van der Waals surface area (Å²) in [5.41, 5.74) is 0.325. The molecular formula is C19H24BClN10O5S2. The lowest BCUT2D eigenvalue weighted by Gasteiger charge is -2.49. The number of thioether (sulfide) groups is 1. The van der Waals surface area contributed by atoms with Gasteiger partial charge in [-0.05, 0) is 33.3 Å². The Labute approximate surface area is 231 Å². The molecule has 2 aromatic heterocycles. The maximum absolute atomic E-state index is 13.2. The molecule has 1 fully saturated rings. The van der Waals surface area contributed by atoms with Gasteiger partial charge in [-0.1, -0.05) is 10.4 Å². The zero-order valence-electron chi connectivity index (χ0n) is 21.1. The third kappa shape index (κ3) is 5.91. The Kier molecular flexibility index (Phi) is 8.22. The summed E-state index contributed by atoms with van der Waals surface area (Å²) >= 11 is 8.40. The molecule has 0 unspecified atom stereocenters. The molecular weight excluding hydrogens is 559 g/mol. The highest BCUT2D eigenvalue weighted by Crippen LogP contribution is 2.43. The number of halogens is 1. The highest BCUT2D eigenvalue weighted by molar-refractivity contribution is 8.00. The topological polar surface area (TPSA) is 179 Å². The molecule has 202 valence electrons. The largest absolute Gasteiger partial charge is 0.444 e. The van der Waals surface area contributed by atoms with Crippen LogP contribution in [0.4, 0.5) is 9.93 Å². The standard InChI is InChI=1S/C19H24BClN10O5S2/c1-5-35-27-9(12-23-17(38-28-12)24-18(34)36-19(2,3)4)14(32)22-10-15(33)30-11(13-25-29-31(20)26-13)8(6-21)7-37-16(10)30/h10,16H,5-7,20H2,1-4H3,(H,22,32)(H,23,24,28,34)/b27-9-/t10-,16-/m1/s1. The lowest BCUT2D eigenvalue weighted by molar-refractivity contribution is -0.142. The number of hydrogen-bond acceptors (Lipinski definition) is 13. The molecule has 0 aliphatic carbocycles. The SMILES string of the molecule is Bn1nnc(C2=C(CCl)CS[C@@H]3[C@H](NC(=O)/C(=N\OCC)c4nsc(NC(=O)OC(C)(C)C)n4)C(=O)N23)n1. The Balaban J connectivity index is 1.49. The summed E-state index contributed by atoms with van der Waals surface area (Å²) in [6, 6.07) is -0.860. The molecule has 0 radical (unpaired) electrons. The molecule has 2 aliphatic heterocycles. The minimum atomic E-state index is -0.860. The fourth-order valence-corrected chi connectivity index (χ4v) is 5.70. The predicted octanol–water partition coefficient (Wildman–Crippen LogP) is 0.0584. The van der Waals surface area contributed by atoms with Crippen molar-refractivity contribution in [2.45, 2.75) is 44.7 Å². The Morgan fingerprint density at radius 2 is 2.11 bits per heavy atom. The molecule has 3 amide bonds. The molecule has 2 aliphatic rings. The van der Waals surface area contributed by atoms with Gasteiger partial charge in [-0.15, -0.1) is 33.6 Å². The lowest BCUT2D eigenvalue weighted by atomic mass is 10.0. The van der Waals surface area contributed by atoms with Crippen LogP contribution >= 0.6 is 34.9 Å². The summed E-state index contributed by atoms with van der Waals surface area (Å²) in [4.78, 5) is 49.2. The van der Waals surface area contributed by atoms with Gasteiger partial charge in [0.15, 0.2) is 0 Å². The van der Waals surface area contributed by atoms with Gasteiger partial charge in [-0.3, -0.25) is 19.8 Å². The number of β-lactam (4-membered cyclic amide) rings is 1. The van der Waals surface area contributed by atoms with E-state index in [0.29, 0.717) is 11.4 Å². The van der Waals surface area contributed by atoms with Crippen LogP contribution in [0.25, 0.3) is 5.70 Å². The monoisotopic (exact) mass is 582 g/mol. The van der Waals surface area contributed by atoms with Crippen LogP contribution in [-0.4, -0.2) is 101 Å². The minimum Gasteiger partial charge on any atom is -0.444 e. The summed E-state index contributed by atoms with van der Waals surface area (Å²) in [6.45, 7) is 7.04. The van der Waals surface area contributed by atoms with E-state index in [1.807, 2.05) is 0 Å². The number of ether oxygens (including phenoxy) is 1. The first kappa shape index (κ1) is 27.8. The second-order valence-electron chi connectivity index (χ2n) is 8.96. The number of oxime groups is 1.